The zero-order chi connectivity index (χ0) is 14.1. The van der Waals surface area contributed by atoms with Crippen LogP contribution in [0.4, 0.5) is 4.79 Å². The van der Waals surface area contributed by atoms with E-state index in [2.05, 4.69) is 20.9 Å². The fraction of sp³-hybridized carbons (Fsp3) is 0.636. The largest absolute Gasteiger partial charge is 0.480 e. The summed E-state index contributed by atoms with van der Waals surface area (Å²) in [5, 5.41) is 21.4. The molecule has 0 aliphatic carbocycles. The number of hydrogen-bond acceptors (Lipinski definition) is 4. The van der Waals surface area contributed by atoms with Crippen molar-refractivity contribution in [2.75, 3.05) is 6.54 Å². The average molecular weight is 269 g/mol. The topological polar surface area (TPSA) is 109 Å². The molecule has 0 aliphatic heterocycles. The lowest BCUT2D eigenvalue weighted by molar-refractivity contribution is -0.139. The minimum absolute atomic E-state index is 0.418. The van der Waals surface area contributed by atoms with E-state index in [0.29, 0.717) is 32.4 Å². The van der Waals surface area contributed by atoms with Crippen molar-refractivity contribution < 1.29 is 14.7 Å². The zero-order valence-corrected chi connectivity index (χ0v) is 10.9. The maximum atomic E-state index is 11.5. The Morgan fingerprint density at radius 2 is 2.26 bits per heavy atom. The van der Waals surface area contributed by atoms with E-state index in [4.69, 9.17) is 5.11 Å². The van der Waals surface area contributed by atoms with E-state index in [-0.39, 0.29) is 0 Å². The number of nitrogens with one attached hydrogen (secondary N) is 2. The van der Waals surface area contributed by atoms with Crippen molar-refractivity contribution >= 4 is 12.0 Å². The van der Waals surface area contributed by atoms with Crippen molar-refractivity contribution in [3.05, 3.63) is 12.4 Å². The Kier molecular flexibility index (Phi) is 6.34. The normalized spacial score (nSPS) is 11.8. The van der Waals surface area contributed by atoms with Gasteiger partial charge in [0.2, 0.25) is 0 Å². The lowest BCUT2D eigenvalue weighted by atomic mass is 10.2. The van der Waals surface area contributed by atoms with Gasteiger partial charge in [-0.05, 0) is 12.8 Å². The average Bonchev–Trinajstić information content (AvgIpc) is 2.87. The molecule has 0 spiro atoms. The quantitative estimate of drug-likeness (QED) is 0.585. The van der Waals surface area contributed by atoms with E-state index in [1.54, 1.807) is 17.1 Å². The van der Waals surface area contributed by atoms with Gasteiger partial charge in [-0.25, -0.2) is 9.59 Å². The first-order valence-corrected chi connectivity index (χ1v) is 6.24. The molecule has 1 aromatic heterocycles. The molecule has 1 atom stereocenters. The number of hydrogen-bond donors (Lipinski definition) is 3. The Labute approximate surface area is 111 Å². The lowest BCUT2D eigenvalue weighted by Gasteiger charge is -2.14. The molecule has 0 aromatic carbocycles. The summed E-state index contributed by atoms with van der Waals surface area (Å²) in [4.78, 5) is 22.3. The van der Waals surface area contributed by atoms with Crippen LogP contribution in [0.15, 0.2) is 12.4 Å². The number of urea groups is 1. The van der Waals surface area contributed by atoms with Crippen LogP contribution in [0.1, 0.15) is 26.2 Å². The summed E-state index contributed by atoms with van der Waals surface area (Å²) in [6.45, 7) is 2.97. The van der Waals surface area contributed by atoms with Gasteiger partial charge < -0.3 is 15.7 Å². The molecule has 106 valence electrons. The van der Waals surface area contributed by atoms with Crippen molar-refractivity contribution in [3.8, 4) is 0 Å². The molecule has 0 saturated carbocycles. The first-order valence-electron chi connectivity index (χ1n) is 6.24. The first-order chi connectivity index (χ1) is 9.13. The van der Waals surface area contributed by atoms with Crippen molar-refractivity contribution in [2.24, 2.45) is 0 Å². The van der Waals surface area contributed by atoms with E-state index < -0.39 is 18.0 Å². The minimum Gasteiger partial charge on any atom is -0.480 e. The SMILES string of the molecule is CCC[C@@H](NC(=O)NCCCn1ccnn1)C(=O)O. The third-order valence-electron chi connectivity index (χ3n) is 2.50. The molecule has 3 N–H and O–H groups in total. The molecule has 2 amide bonds. The van der Waals surface area contributed by atoms with Crippen LogP contribution >= 0.6 is 0 Å². The summed E-state index contributed by atoms with van der Waals surface area (Å²) < 4.78 is 1.66. The molecular formula is C11H19N5O3. The predicted molar refractivity (Wildman–Crippen MR) is 67.5 cm³/mol. The fourth-order valence-corrected chi connectivity index (χ4v) is 1.55. The molecule has 1 aromatic rings. The van der Waals surface area contributed by atoms with Gasteiger partial charge in [0.1, 0.15) is 6.04 Å². The van der Waals surface area contributed by atoms with Gasteiger partial charge in [0.05, 0.1) is 6.20 Å². The third-order valence-corrected chi connectivity index (χ3v) is 2.50. The van der Waals surface area contributed by atoms with Crippen LogP contribution in [0.2, 0.25) is 0 Å². The van der Waals surface area contributed by atoms with Gasteiger partial charge >= 0.3 is 12.0 Å². The van der Waals surface area contributed by atoms with Crippen molar-refractivity contribution in [2.45, 2.75) is 38.8 Å². The van der Waals surface area contributed by atoms with Gasteiger partial charge in [-0.2, -0.15) is 0 Å². The Bertz CT molecular complexity index is 393. The Morgan fingerprint density at radius 3 is 2.84 bits per heavy atom. The highest BCUT2D eigenvalue weighted by Crippen LogP contribution is 1.96. The van der Waals surface area contributed by atoms with Crippen molar-refractivity contribution in [1.29, 1.82) is 0 Å². The molecule has 8 nitrogen and oxygen atoms in total. The summed E-state index contributed by atoms with van der Waals surface area (Å²) in [6, 6.07) is -1.29. The summed E-state index contributed by atoms with van der Waals surface area (Å²) >= 11 is 0. The highest BCUT2D eigenvalue weighted by Gasteiger charge is 2.18. The monoisotopic (exact) mass is 269 g/mol. The molecule has 0 unspecified atom stereocenters. The highest BCUT2D eigenvalue weighted by atomic mass is 16.4. The number of aryl methyl sites for hydroxylation is 1. The molecule has 19 heavy (non-hydrogen) atoms. The minimum atomic E-state index is -1.01. The molecule has 0 saturated heterocycles. The van der Waals surface area contributed by atoms with Crippen LogP contribution in [-0.4, -0.2) is 44.7 Å². The Morgan fingerprint density at radius 1 is 1.47 bits per heavy atom. The molecule has 0 aliphatic rings. The maximum Gasteiger partial charge on any atom is 0.326 e. The van der Waals surface area contributed by atoms with Crippen molar-refractivity contribution in [1.82, 2.24) is 25.6 Å². The van der Waals surface area contributed by atoms with E-state index >= 15 is 0 Å². The van der Waals surface area contributed by atoms with Crippen LogP contribution in [0, 0.1) is 0 Å². The number of aromatic nitrogens is 3. The summed E-state index contributed by atoms with van der Waals surface area (Å²) in [5.74, 6) is -1.01. The van der Waals surface area contributed by atoms with E-state index in [0.717, 1.165) is 0 Å². The molecule has 0 radical (unpaired) electrons. The first kappa shape index (κ1) is 14.9. The molecular weight excluding hydrogens is 250 g/mol. The fourth-order valence-electron chi connectivity index (χ4n) is 1.55. The Hall–Kier alpha value is -2.12. The van der Waals surface area contributed by atoms with Gasteiger partial charge in [0.15, 0.2) is 0 Å². The van der Waals surface area contributed by atoms with Gasteiger partial charge in [0.25, 0.3) is 0 Å². The number of aliphatic carboxylic acids is 1. The second kappa shape index (κ2) is 8.06. The summed E-state index contributed by atoms with van der Waals surface area (Å²) in [6.07, 6.45) is 5.14. The van der Waals surface area contributed by atoms with Crippen LogP contribution in [0.25, 0.3) is 0 Å². The second-order valence-electron chi connectivity index (χ2n) is 4.10. The molecule has 1 rings (SSSR count). The van der Waals surface area contributed by atoms with Crippen LogP contribution < -0.4 is 10.6 Å². The predicted octanol–water partition coefficient (Wildman–Crippen LogP) is 0.221. The van der Waals surface area contributed by atoms with Crippen LogP contribution in [-0.2, 0) is 11.3 Å². The van der Waals surface area contributed by atoms with Gasteiger partial charge in [0, 0.05) is 19.3 Å². The third kappa shape index (κ3) is 5.84. The smallest absolute Gasteiger partial charge is 0.326 e. The maximum absolute atomic E-state index is 11.5. The number of carbonyl (C=O) groups excluding carboxylic acids is 1. The van der Waals surface area contributed by atoms with E-state index in [1.807, 2.05) is 6.92 Å². The molecule has 8 heteroatoms. The van der Waals surface area contributed by atoms with Gasteiger partial charge in [-0.15, -0.1) is 5.10 Å². The number of carbonyl (C=O) groups is 2. The van der Waals surface area contributed by atoms with Gasteiger partial charge in [-0.1, -0.05) is 18.6 Å². The van der Waals surface area contributed by atoms with E-state index in [9.17, 15) is 9.59 Å². The lowest BCUT2D eigenvalue weighted by Crippen LogP contribution is -2.46. The van der Waals surface area contributed by atoms with Gasteiger partial charge in [-0.3, -0.25) is 4.68 Å². The second-order valence-corrected chi connectivity index (χ2v) is 4.10. The number of carboxylic acids is 1. The van der Waals surface area contributed by atoms with Crippen LogP contribution in [0.5, 0.6) is 0 Å². The summed E-state index contributed by atoms with van der Waals surface area (Å²) in [7, 11) is 0. The van der Waals surface area contributed by atoms with Crippen molar-refractivity contribution in [3.63, 3.8) is 0 Å². The molecule has 0 bridgehead atoms. The molecule has 1 heterocycles. The number of nitrogens with zero attached hydrogens (tertiary/aromatic N) is 3. The number of amides is 2. The standard InChI is InChI=1S/C11H19N5O3/c1-2-4-9(10(17)18)14-11(19)12-5-3-7-16-8-6-13-15-16/h6,8-9H,2-5,7H2,1H3,(H,17,18)(H2,12,14,19)/t9-/m1/s1. The summed E-state index contributed by atoms with van der Waals surface area (Å²) in [5.41, 5.74) is 0. The zero-order valence-electron chi connectivity index (χ0n) is 10.9. The number of rotatable bonds is 8. The highest BCUT2D eigenvalue weighted by molar-refractivity contribution is 5.82. The van der Waals surface area contributed by atoms with E-state index in [1.165, 1.54) is 0 Å². The molecule has 0 fully saturated rings. The number of carboxylic acid groups (broad SMARTS) is 1. The van der Waals surface area contributed by atoms with Crippen LogP contribution in [0.3, 0.4) is 0 Å². The Balaban J connectivity index is 2.17.